The topological polar surface area (TPSA) is 112 Å². The number of amides is 1. The number of nitro groups is 1. The first-order valence-corrected chi connectivity index (χ1v) is 10.8. The highest BCUT2D eigenvalue weighted by Gasteiger charge is 2.16. The molecule has 4 rings (SSSR count). The summed E-state index contributed by atoms with van der Waals surface area (Å²) < 4.78 is 13.0. The number of benzene rings is 2. The molecule has 0 atom stereocenters. The Hall–Kier alpha value is -4.11. The van der Waals surface area contributed by atoms with Crippen molar-refractivity contribution in [2.75, 3.05) is 6.61 Å². The molecule has 2 aromatic heterocycles. The molecule has 174 valence electrons. The van der Waals surface area contributed by atoms with Crippen molar-refractivity contribution in [2.24, 2.45) is 5.10 Å². The van der Waals surface area contributed by atoms with Gasteiger partial charge < -0.3 is 13.7 Å². The smallest absolute Gasteiger partial charge is 0.307 e. The van der Waals surface area contributed by atoms with Crippen molar-refractivity contribution in [2.45, 2.75) is 20.8 Å². The van der Waals surface area contributed by atoms with E-state index in [2.05, 4.69) is 10.5 Å². The van der Waals surface area contributed by atoms with Crippen LogP contribution in [0.2, 0.25) is 5.02 Å². The molecule has 9 nitrogen and oxygen atoms in total. The number of furan rings is 1. The highest BCUT2D eigenvalue weighted by atomic mass is 35.5. The number of nitrogens with zero attached hydrogens (tertiary/aromatic N) is 3. The summed E-state index contributed by atoms with van der Waals surface area (Å²) >= 11 is 6.07. The van der Waals surface area contributed by atoms with E-state index in [-0.39, 0.29) is 16.5 Å². The molecule has 2 aromatic carbocycles. The number of fused-ring (bicyclic) bond motifs is 1. The molecule has 0 aliphatic heterocycles. The van der Waals surface area contributed by atoms with Crippen LogP contribution in [-0.2, 0) is 0 Å². The van der Waals surface area contributed by atoms with Gasteiger partial charge in [-0.15, -0.1) is 0 Å². The van der Waals surface area contributed by atoms with Crippen LogP contribution in [0.4, 0.5) is 5.69 Å². The van der Waals surface area contributed by atoms with Crippen LogP contribution in [-0.4, -0.2) is 28.2 Å². The van der Waals surface area contributed by atoms with E-state index in [1.165, 1.54) is 12.3 Å². The third-order valence-electron chi connectivity index (χ3n) is 5.25. The lowest BCUT2D eigenvalue weighted by molar-refractivity contribution is -0.384. The average Bonchev–Trinajstić information content (AvgIpc) is 3.33. The number of nitrogens with one attached hydrogen (secondary N) is 1. The van der Waals surface area contributed by atoms with Gasteiger partial charge in [0.25, 0.3) is 5.69 Å². The summed E-state index contributed by atoms with van der Waals surface area (Å²) in [6, 6.07) is 13.4. The number of hydrogen-bond donors (Lipinski definition) is 1. The minimum atomic E-state index is -0.526. The maximum atomic E-state index is 12.5. The SMILES string of the molecule is CCOc1ccc2oc(C(=O)N/N=C/c3cc(C)n(-c4ccc([N+](=O)[O-])c(Cl)c4)c3C)cc2c1. The van der Waals surface area contributed by atoms with Crippen LogP contribution in [0.3, 0.4) is 0 Å². The van der Waals surface area contributed by atoms with Gasteiger partial charge in [0, 0.05) is 34.1 Å². The van der Waals surface area contributed by atoms with Gasteiger partial charge in [-0.25, -0.2) is 5.43 Å². The first-order valence-electron chi connectivity index (χ1n) is 10.4. The summed E-state index contributed by atoms with van der Waals surface area (Å²) in [6.07, 6.45) is 1.53. The maximum absolute atomic E-state index is 12.5. The highest BCUT2D eigenvalue weighted by Crippen LogP contribution is 2.29. The fraction of sp³-hybridized carbons (Fsp3) is 0.167. The molecule has 4 aromatic rings. The molecule has 0 bridgehead atoms. The molecule has 2 heterocycles. The van der Waals surface area contributed by atoms with Crippen LogP contribution in [0.15, 0.2) is 58.0 Å². The maximum Gasteiger partial charge on any atom is 0.307 e. The highest BCUT2D eigenvalue weighted by molar-refractivity contribution is 6.32. The Morgan fingerprint density at radius 1 is 1.24 bits per heavy atom. The van der Waals surface area contributed by atoms with Crippen molar-refractivity contribution in [3.63, 3.8) is 0 Å². The van der Waals surface area contributed by atoms with E-state index in [1.807, 2.05) is 37.5 Å². The summed E-state index contributed by atoms with van der Waals surface area (Å²) in [5.41, 5.74) is 6.03. The van der Waals surface area contributed by atoms with E-state index in [0.29, 0.717) is 23.6 Å². The fourth-order valence-corrected chi connectivity index (χ4v) is 3.95. The largest absolute Gasteiger partial charge is 0.494 e. The lowest BCUT2D eigenvalue weighted by atomic mass is 10.2. The minimum Gasteiger partial charge on any atom is -0.494 e. The fourth-order valence-electron chi connectivity index (χ4n) is 3.70. The van der Waals surface area contributed by atoms with E-state index >= 15 is 0 Å². The van der Waals surface area contributed by atoms with Crippen LogP contribution < -0.4 is 10.2 Å². The van der Waals surface area contributed by atoms with Crippen LogP contribution in [0, 0.1) is 24.0 Å². The molecule has 0 aliphatic rings. The van der Waals surface area contributed by atoms with Crippen molar-refractivity contribution in [3.8, 4) is 11.4 Å². The zero-order valence-electron chi connectivity index (χ0n) is 18.7. The van der Waals surface area contributed by atoms with Gasteiger partial charge in [-0.05, 0) is 63.2 Å². The summed E-state index contributed by atoms with van der Waals surface area (Å²) in [7, 11) is 0. The number of hydrogen-bond acceptors (Lipinski definition) is 6. The molecule has 0 saturated carbocycles. The summed E-state index contributed by atoms with van der Waals surface area (Å²) in [4.78, 5) is 23.0. The van der Waals surface area contributed by atoms with Crippen LogP contribution in [0.1, 0.15) is 34.4 Å². The molecule has 0 fully saturated rings. The quantitative estimate of drug-likeness (QED) is 0.211. The van der Waals surface area contributed by atoms with Gasteiger partial charge in [0.1, 0.15) is 16.4 Å². The van der Waals surface area contributed by atoms with E-state index in [4.69, 9.17) is 20.8 Å². The third-order valence-corrected chi connectivity index (χ3v) is 5.55. The molecule has 1 amide bonds. The Kier molecular flexibility index (Phi) is 6.38. The number of carbonyl (C=O) groups is 1. The summed E-state index contributed by atoms with van der Waals surface area (Å²) in [6.45, 7) is 6.21. The number of halogens is 1. The van der Waals surface area contributed by atoms with Crippen molar-refractivity contribution < 1.29 is 18.9 Å². The van der Waals surface area contributed by atoms with Gasteiger partial charge in [0.2, 0.25) is 0 Å². The van der Waals surface area contributed by atoms with E-state index in [1.54, 1.807) is 30.3 Å². The first kappa shape index (κ1) is 23.1. The zero-order chi connectivity index (χ0) is 24.4. The molecule has 0 aliphatic carbocycles. The number of aromatic nitrogens is 1. The summed E-state index contributed by atoms with van der Waals surface area (Å²) in [5, 5.41) is 15.9. The van der Waals surface area contributed by atoms with Crippen molar-refractivity contribution in [1.82, 2.24) is 9.99 Å². The van der Waals surface area contributed by atoms with Crippen LogP contribution in [0.5, 0.6) is 5.75 Å². The second kappa shape index (κ2) is 9.40. The molecule has 0 saturated heterocycles. The Morgan fingerprint density at radius 3 is 2.74 bits per heavy atom. The zero-order valence-corrected chi connectivity index (χ0v) is 19.4. The van der Waals surface area contributed by atoms with Gasteiger partial charge in [-0.3, -0.25) is 14.9 Å². The van der Waals surface area contributed by atoms with E-state index < -0.39 is 10.8 Å². The van der Waals surface area contributed by atoms with Crippen molar-refractivity contribution in [1.29, 1.82) is 0 Å². The van der Waals surface area contributed by atoms with Crippen LogP contribution >= 0.6 is 11.6 Å². The van der Waals surface area contributed by atoms with Gasteiger partial charge in [0.15, 0.2) is 5.76 Å². The Labute approximate surface area is 199 Å². The second-order valence-corrected chi connectivity index (χ2v) is 7.90. The van der Waals surface area contributed by atoms with E-state index in [9.17, 15) is 14.9 Å². The lowest BCUT2D eigenvalue weighted by Crippen LogP contribution is -2.16. The normalized spacial score (nSPS) is 11.3. The molecule has 0 radical (unpaired) electrons. The van der Waals surface area contributed by atoms with Gasteiger partial charge in [-0.1, -0.05) is 11.6 Å². The molecule has 1 N–H and O–H groups in total. The van der Waals surface area contributed by atoms with Crippen molar-refractivity contribution in [3.05, 3.63) is 86.4 Å². The second-order valence-electron chi connectivity index (χ2n) is 7.50. The number of carbonyl (C=O) groups excluding carboxylic acids is 1. The molecule has 0 unspecified atom stereocenters. The minimum absolute atomic E-state index is 0.0525. The van der Waals surface area contributed by atoms with Crippen molar-refractivity contribution >= 4 is 40.4 Å². The number of nitro benzene ring substituents is 1. The molecule has 34 heavy (non-hydrogen) atoms. The number of ether oxygens (including phenoxy) is 1. The Balaban J connectivity index is 1.51. The predicted molar refractivity (Wildman–Crippen MR) is 129 cm³/mol. The lowest BCUT2D eigenvalue weighted by Gasteiger charge is -2.10. The summed E-state index contributed by atoms with van der Waals surface area (Å²) in [5.74, 6) is 0.346. The Morgan fingerprint density at radius 2 is 2.03 bits per heavy atom. The van der Waals surface area contributed by atoms with E-state index in [0.717, 1.165) is 22.3 Å². The number of rotatable bonds is 7. The molecular formula is C24H21ClN4O5. The molecule has 10 heteroatoms. The molecule has 0 spiro atoms. The predicted octanol–water partition coefficient (Wildman–Crippen LogP) is 5.56. The molecular weight excluding hydrogens is 460 g/mol. The first-order chi connectivity index (χ1) is 16.3. The Bertz CT molecular complexity index is 1440. The number of aryl methyl sites for hydroxylation is 1. The average molecular weight is 481 g/mol. The standard InChI is InChI=1S/C24H21ClN4O5/c1-4-33-19-6-8-22-16(10-19)11-23(34-22)24(30)27-26-13-17-9-14(2)28(15(17)3)18-5-7-21(29(31)32)20(25)12-18/h5-13H,4H2,1-3H3,(H,27,30)/b26-13+. The third kappa shape index (κ3) is 4.51. The van der Waals surface area contributed by atoms with Gasteiger partial charge in [0.05, 0.1) is 17.7 Å². The van der Waals surface area contributed by atoms with Gasteiger partial charge in [-0.2, -0.15) is 5.10 Å². The van der Waals surface area contributed by atoms with Crippen LogP contribution in [0.25, 0.3) is 16.7 Å². The van der Waals surface area contributed by atoms with Gasteiger partial charge >= 0.3 is 5.91 Å². The number of hydrazone groups is 1. The monoisotopic (exact) mass is 480 g/mol.